The van der Waals surface area contributed by atoms with Gasteiger partial charge in [-0.15, -0.1) is 11.3 Å². The van der Waals surface area contributed by atoms with E-state index in [1.165, 1.54) is 50.1 Å². The van der Waals surface area contributed by atoms with E-state index in [1.54, 1.807) is 46.3 Å². The Balaban J connectivity index is 1.91. The predicted octanol–water partition coefficient (Wildman–Crippen LogP) is 7.76. The standard InChI is InChI=1S/C34H46BBr2O11S2/c1-7-8-9-10-13-23-20-24(49-27(23)36)21-48-29(39)32(2,3)35-22-33(4,30(40)45-6)16-17-34(5,37)31(41)47-19-18-46-28(38)25-14-11-12-15-26(25)50(42,43)44/h11-12,14-15,20H,7-10,13,16-19,21-22H2,1-6H3,(H,42,43,44). The van der Waals surface area contributed by atoms with Gasteiger partial charge < -0.3 is 18.9 Å². The van der Waals surface area contributed by atoms with Gasteiger partial charge in [0.05, 0.1) is 21.9 Å². The van der Waals surface area contributed by atoms with Gasteiger partial charge in [0, 0.05) is 10.2 Å². The highest BCUT2D eigenvalue weighted by Crippen LogP contribution is 2.39. The Morgan fingerprint density at radius 3 is 2.22 bits per heavy atom. The number of halogens is 2. The van der Waals surface area contributed by atoms with Crippen LogP contribution in [0.15, 0.2) is 39.0 Å². The Bertz CT molecular complexity index is 1590. The third-order valence-electron chi connectivity index (χ3n) is 8.23. The van der Waals surface area contributed by atoms with E-state index in [4.69, 9.17) is 18.9 Å². The van der Waals surface area contributed by atoms with Crippen LogP contribution in [0.4, 0.5) is 0 Å². The summed E-state index contributed by atoms with van der Waals surface area (Å²) in [7, 11) is -1.65. The first-order chi connectivity index (χ1) is 23.3. The average Bonchev–Trinajstić information content (AvgIpc) is 3.43. The molecule has 1 radical (unpaired) electrons. The number of unbranched alkanes of at least 4 members (excludes halogenated alkanes) is 3. The molecular weight excluding hydrogens is 819 g/mol. The molecule has 2 aromatic rings. The van der Waals surface area contributed by atoms with Crippen molar-refractivity contribution >= 4 is 84.5 Å². The first kappa shape index (κ1) is 43.9. The van der Waals surface area contributed by atoms with Crippen molar-refractivity contribution in [1.82, 2.24) is 0 Å². The highest BCUT2D eigenvalue weighted by atomic mass is 79.9. The van der Waals surface area contributed by atoms with E-state index in [9.17, 15) is 32.1 Å². The molecule has 0 aliphatic rings. The summed E-state index contributed by atoms with van der Waals surface area (Å²) in [5.74, 6) is -2.65. The van der Waals surface area contributed by atoms with Crippen molar-refractivity contribution < 1.29 is 51.1 Å². The molecule has 1 N–H and O–H groups in total. The molecule has 2 unspecified atom stereocenters. The summed E-state index contributed by atoms with van der Waals surface area (Å²) in [6.45, 7) is 8.32. The van der Waals surface area contributed by atoms with Crippen molar-refractivity contribution in [3.8, 4) is 0 Å². The molecule has 11 nitrogen and oxygen atoms in total. The minimum atomic E-state index is -4.65. The molecule has 277 valence electrons. The lowest BCUT2D eigenvalue weighted by atomic mass is 9.47. The summed E-state index contributed by atoms with van der Waals surface area (Å²) in [5, 5.41) is -1.03. The fourth-order valence-electron chi connectivity index (χ4n) is 4.84. The van der Waals surface area contributed by atoms with Gasteiger partial charge >= 0.3 is 23.9 Å². The number of aryl methyl sites for hydroxylation is 1. The molecule has 16 heteroatoms. The van der Waals surface area contributed by atoms with E-state index >= 15 is 0 Å². The molecular formula is C34H46BBr2O11S2. The lowest BCUT2D eigenvalue weighted by molar-refractivity contribution is -0.153. The Labute approximate surface area is 316 Å². The maximum Gasteiger partial charge on any atom is 0.339 e. The third-order valence-corrected chi connectivity index (χ3v) is 11.8. The van der Waals surface area contributed by atoms with Crippen molar-refractivity contribution in [1.29, 1.82) is 0 Å². The number of esters is 4. The number of carbonyl (C=O) groups is 4. The van der Waals surface area contributed by atoms with Crippen LogP contribution in [-0.2, 0) is 56.5 Å². The van der Waals surface area contributed by atoms with Crippen LogP contribution >= 0.6 is 43.2 Å². The van der Waals surface area contributed by atoms with Crippen molar-refractivity contribution in [2.24, 2.45) is 5.41 Å². The molecule has 1 heterocycles. The van der Waals surface area contributed by atoms with Gasteiger partial charge in [0.1, 0.15) is 36.3 Å². The monoisotopic (exact) mass is 863 g/mol. The van der Waals surface area contributed by atoms with Gasteiger partial charge in [0.15, 0.2) is 0 Å². The van der Waals surface area contributed by atoms with E-state index in [0.29, 0.717) is 0 Å². The first-order valence-electron chi connectivity index (χ1n) is 16.2. The Hall–Kier alpha value is -2.27. The number of thiophene rings is 1. The van der Waals surface area contributed by atoms with E-state index < -0.39 is 53.9 Å². The lowest BCUT2D eigenvalue weighted by Gasteiger charge is -2.32. The zero-order chi connectivity index (χ0) is 37.8. The van der Waals surface area contributed by atoms with E-state index in [2.05, 4.69) is 44.8 Å². The van der Waals surface area contributed by atoms with Gasteiger partial charge in [-0.2, -0.15) is 8.42 Å². The van der Waals surface area contributed by atoms with E-state index in [1.807, 2.05) is 0 Å². The van der Waals surface area contributed by atoms with Gasteiger partial charge in [-0.3, -0.25) is 18.9 Å². The van der Waals surface area contributed by atoms with Gasteiger partial charge in [-0.05, 0) is 79.2 Å². The number of benzene rings is 1. The second-order valence-corrected chi connectivity index (χ2v) is 18.6. The van der Waals surface area contributed by atoms with Crippen LogP contribution in [0.2, 0.25) is 11.6 Å². The average molecular weight is 865 g/mol. The lowest BCUT2D eigenvalue weighted by Crippen LogP contribution is -2.38. The molecule has 2 atom stereocenters. The molecule has 0 saturated carbocycles. The quantitative estimate of drug-likeness (QED) is 0.0327. The minimum Gasteiger partial charge on any atom is -0.469 e. The largest absolute Gasteiger partial charge is 0.469 e. The summed E-state index contributed by atoms with van der Waals surface area (Å²) in [6.07, 6.45) is 6.12. The third kappa shape index (κ3) is 13.4. The summed E-state index contributed by atoms with van der Waals surface area (Å²) < 4.78 is 53.3. The number of methoxy groups -OCH3 is 1. The van der Waals surface area contributed by atoms with Crippen LogP contribution in [0.3, 0.4) is 0 Å². The molecule has 0 aliphatic carbocycles. The molecule has 0 fully saturated rings. The number of hydrogen-bond donors (Lipinski definition) is 1. The molecule has 0 amide bonds. The summed E-state index contributed by atoms with van der Waals surface area (Å²) >= 11 is 8.57. The number of hydrogen-bond acceptors (Lipinski definition) is 11. The molecule has 0 bridgehead atoms. The van der Waals surface area contributed by atoms with Gasteiger partial charge in [0.2, 0.25) is 0 Å². The molecule has 1 aromatic carbocycles. The first-order valence-corrected chi connectivity index (χ1v) is 20.1. The van der Waals surface area contributed by atoms with Crippen LogP contribution in [0, 0.1) is 5.41 Å². The Kier molecular flexibility index (Phi) is 17.2. The Morgan fingerprint density at radius 2 is 1.58 bits per heavy atom. The molecule has 1 aromatic heterocycles. The normalized spacial score (nSPS) is 14.2. The van der Waals surface area contributed by atoms with Crippen molar-refractivity contribution in [3.05, 3.63) is 50.1 Å². The van der Waals surface area contributed by atoms with Crippen LogP contribution in [0.1, 0.15) is 93.9 Å². The van der Waals surface area contributed by atoms with E-state index in [-0.39, 0.29) is 44.5 Å². The molecule has 0 saturated heterocycles. The molecule has 0 aliphatic heterocycles. The van der Waals surface area contributed by atoms with E-state index in [0.717, 1.165) is 27.6 Å². The fraction of sp³-hybridized carbons (Fsp3) is 0.588. The number of alkyl halides is 1. The number of rotatable bonds is 21. The van der Waals surface area contributed by atoms with Crippen LogP contribution in [0.25, 0.3) is 0 Å². The second-order valence-electron chi connectivity index (χ2n) is 13.0. The summed E-state index contributed by atoms with van der Waals surface area (Å²) in [5.41, 5.74) is -0.245. The SMILES string of the molecule is CCCCCCc1cc(COC(=O)C(C)(C)[B]CC(C)(CCC(C)(Br)C(=O)OCCOC(=O)c2ccccc2S(=O)(=O)O)C(=O)OC)sc1Br. The highest BCUT2D eigenvalue weighted by Gasteiger charge is 2.42. The minimum absolute atomic E-state index is 0.143. The highest BCUT2D eigenvalue weighted by molar-refractivity contribution is 9.11. The summed E-state index contributed by atoms with van der Waals surface area (Å²) in [6, 6.07) is 7.06. The topological polar surface area (TPSA) is 160 Å². The van der Waals surface area contributed by atoms with Crippen molar-refractivity contribution in [2.75, 3.05) is 20.3 Å². The molecule has 2 rings (SSSR count). The molecule has 0 spiro atoms. The predicted molar refractivity (Wildman–Crippen MR) is 198 cm³/mol. The second kappa shape index (κ2) is 19.5. The van der Waals surface area contributed by atoms with Gasteiger partial charge in [0.25, 0.3) is 10.1 Å². The van der Waals surface area contributed by atoms with Crippen molar-refractivity contribution in [2.45, 2.75) is 107 Å². The maximum absolute atomic E-state index is 13.1. The molecule has 50 heavy (non-hydrogen) atoms. The number of ether oxygens (including phenoxy) is 4. The number of carbonyl (C=O) groups excluding carboxylic acids is 4. The van der Waals surface area contributed by atoms with Crippen LogP contribution in [0.5, 0.6) is 0 Å². The van der Waals surface area contributed by atoms with Crippen LogP contribution in [-0.4, -0.2) is 68.8 Å². The zero-order valence-electron chi connectivity index (χ0n) is 29.3. The van der Waals surface area contributed by atoms with Gasteiger partial charge in [-0.25, -0.2) is 4.79 Å². The zero-order valence-corrected chi connectivity index (χ0v) is 34.1. The Morgan fingerprint density at radius 1 is 0.920 bits per heavy atom. The smallest absolute Gasteiger partial charge is 0.339 e. The summed E-state index contributed by atoms with van der Waals surface area (Å²) in [4.78, 5) is 51.7. The van der Waals surface area contributed by atoms with Crippen LogP contribution < -0.4 is 0 Å². The fourth-order valence-corrected chi connectivity index (χ4v) is 7.61. The van der Waals surface area contributed by atoms with Gasteiger partial charge in [-0.1, -0.05) is 74.4 Å². The van der Waals surface area contributed by atoms with Crippen molar-refractivity contribution in [3.63, 3.8) is 0 Å². The maximum atomic E-state index is 13.1.